The number of nitrogens with one attached hydrogen (secondary N) is 1. The molecule has 2 unspecified atom stereocenters. The first-order chi connectivity index (χ1) is 23.7. The fourth-order valence-electron chi connectivity index (χ4n) is 7.04. The molecule has 1 fully saturated rings. The van der Waals surface area contributed by atoms with Gasteiger partial charge in [-0.2, -0.15) is 5.10 Å². The molecule has 0 radical (unpaired) electrons. The minimum Gasteiger partial charge on any atom is -0.455 e. The lowest BCUT2D eigenvalue weighted by Crippen LogP contribution is -2.47. The Labute approximate surface area is 290 Å². The minimum atomic E-state index is -4.30. The van der Waals surface area contributed by atoms with Crippen LogP contribution in [0.1, 0.15) is 73.6 Å². The number of allylic oxidation sites excluding steroid dienone is 3. The second kappa shape index (κ2) is 12.1. The number of pyridine rings is 2. The molecule has 0 bridgehead atoms. The van der Waals surface area contributed by atoms with Crippen molar-refractivity contribution in [3.05, 3.63) is 128 Å². The van der Waals surface area contributed by atoms with Crippen LogP contribution in [0.25, 0.3) is 16.5 Å². The van der Waals surface area contributed by atoms with Gasteiger partial charge in [-0.3, -0.25) is 14.3 Å². The largest absolute Gasteiger partial charge is 0.455 e. The second-order valence-corrected chi connectivity index (χ2v) is 16.0. The Balaban J connectivity index is 1.47. The van der Waals surface area contributed by atoms with Gasteiger partial charge in [0.2, 0.25) is 10.0 Å². The third-order valence-electron chi connectivity index (χ3n) is 10.3. The first-order valence-electron chi connectivity index (χ1n) is 16.7. The number of aryl methyl sites for hydroxylation is 3. The van der Waals surface area contributed by atoms with Gasteiger partial charge in [-0.1, -0.05) is 30.4 Å². The highest BCUT2D eigenvalue weighted by Crippen LogP contribution is 2.50. The molecule has 0 saturated carbocycles. The molecule has 4 aromatic heterocycles. The van der Waals surface area contributed by atoms with Crippen LogP contribution in [0.4, 0.5) is 0 Å². The zero-order valence-electron chi connectivity index (χ0n) is 29.2. The Kier molecular flexibility index (Phi) is 8.14. The number of nitrogens with zero attached hydrogens (tertiary/aromatic N) is 4. The first-order valence-corrected chi connectivity index (χ1v) is 18.1. The summed E-state index contributed by atoms with van der Waals surface area (Å²) in [5, 5.41) is 5.27. The van der Waals surface area contributed by atoms with Crippen LogP contribution in [0, 0.1) is 20.8 Å². The molecule has 11 nitrogen and oxygen atoms in total. The maximum atomic E-state index is 15.0. The molecule has 12 heteroatoms. The van der Waals surface area contributed by atoms with Crippen molar-refractivity contribution in [1.29, 1.82) is 0 Å². The first kappa shape index (κ1) is 33.6. The smallest absolute Gasteiger partial charge is 0.273 e. The number of H-pyrrole nitrogens is 1. The number of benzene rings is 1. The van der Waals surface area contributed by atoms with Crippen molar-refractivity contribution in [3.63, 3.8) is 0 Å². The van der Waals surface area contributed by atoms with Crippen LogP contribution in [0.3, 0.4) is 0 Å². The van der Waals surface area contributed by atoms with Crippen molar-refractivity contribution in [2.75, 3.05) is 13.2 Å². The van der Waals surface area contributed by atoms with Crippen LogP contribution >= 0.6 is 0 Å². The van der Waals surface area contributed by atoms with Gasteiger partial charge in [0.05, 0.1) is 31.1 Å². The summed E-state index contributed by atoms with van der Waals surface area (Å²) in [5.74, 6) is 0.381. The van der Waals surface area contributed by atoms with E-state index < -0.39 is 26.2 Å². The summed E-state index contributed by atoms with van der Waals surface area (Å²) in [6.45, 7) is 14.2. The van der Waals surface area contributed by atoms with Crippen molar-refractivity contribution in [1.82, 2.24) is 23.3 Å². The van der Waals surface area contributed by atoms with Crippen molar-refractivity contribution in [3.8, 4) is 11.5 Å². The highest BCUT2D eigenvalue weighted by molar-refractivity contribution is 7.91. The van der Waals surface area contributed by atoms with E-state index in [0.29, 0.717) is 52.5 Å². The van der Waals surface area contributed by atoms with Crippen LogP contribution < -0.4 is 15.9 Å². The number of rotatable bonds is 8. The van der Waals surface area contributed by atoms with Gasteiger partial charge in [0.1, 0.15) is 16.0 Å². The number of hydrogen-bond donors (Lipinski definition) is 1. The maximum Gasteiger partial charge on any atom is 0.273 e. The molecule has 2 aliphatic rings. The molecular formula is C38H41N5O6S. The van der Waals surface area contributed by atoms with Crippen LogP contribution in [-0.2, 0) is 14.8 Å². The molecule has 5 heterocycles. The summed E-state index contributed by atoms with van der Waals surface area (Å²) in [4.78, 5) is 29.3. The maximum absolute atomic E-state index is 15.0. The zero-order valence-corrected chi connectivity index (χ0v) is 30.0. The summed E-state index contributed by atoms with van der Waals surface area (Å²) in [6.07, 6.45) is 10.3. The van der Waals surface area contributed by atoms with E-state index in [0.717, 1.165) is 20.7 Å². The molecule has 260 valence electrons. The highest BCUT2D eigenvalue weighted by Gasteiger charge is 2.51. The van der Waals surface area contributed by atoms with E-state index in [1.54, 1.807) is 42.8 Å². The van der Waals surface area contributed by atoms with Gasteiger partial charge in [0.25, 0.3) is 11.1 Å². The van der Waals surface area contributed by atoms with Gasteiger partial charge in [-0.05, 0) is 82.9 Å². The molecule has 5 aromatic rings. The molecule has 1 N–H and O–H groups in total. The third-order valence-corrected chi connectivity index (χ3v) is 12.7. The highest BCUT2D eigenvalue weighted by atomic mass is 32.2. The van der Waals surface area contributed by atoms with Crippen molar-refractivity contribution in [2.45, 2.75) is 71.2 Å². The van der Waals surface area contributed by atoms with E-state index in [2.05, 4.69) is 4.98 Å². The number of hydrogen-bond acceptors (Lipinski definition) is 7. The number of para-hydroxylation sites is 1. The number of aromatic amines is 1. The number of fused-ring (bicyclic) bond motifs is 1. The van der Waals surface area contributed by atoms with E-state index in [9.17, 15) is 9.59 Å². The summed E-state index contributed by atoms with van der Waals surface area (Å²) in [6, 6.07) is 10.7. The van der Waals surface area contributed by atoms with Crippen molar-refractivity contribution in [2.24, 2.45) is 0 Å². The van der Waals surface area contributed by atoms with E-state index in [-0.39, 0.29) is 23.2 Å². The average molecular weight is 696 g/mol. The Morgan fingerprint density at radius 1 is 1.04 bits per heavy atom. The van der Waals surface area contributed by atoms with Crippen LogP contribution in [0.15, 0.2) is 88.5 Å². The van der Waals surface area contributed by atoms with E-state index >= 15 is 8.42 Å². The quantitative estimate of drug-likeness (QED) is 0.201. The molecule has 50 heavy (non-hydrogen) atoms. The molecule has 2 atom stereocenters. The van der Waals surface area contributed by atoms with Gasteiger partial charge >= 0.3 is 0 Å². The lowest BCUT2D eigenvalue weighted by Gasteiger charge is -2.40. The van der Waals surface area contributed by atoms with Crippen LogP contribution in [0.2, 0.25) is 0 Å². The number of aromatic nitrogens is 5. The van der Waals surface area contributed by atoms with Gasteiger partial charge in [-0.25, -0.2) is 12.4 Å². The predicted molar refractivity (Wildman–Crippen MR) is 194 cm³/mol. The molecule has 1 aliphatic heterocycles. The van der Waals surface area contributed by atoms with Gasteiger partial charge in [-0.15, -0.1) is 0 Å². The lowest BCUT2D eigenvalue weighted by molar-refractivity contribution is -0.0250. The third kappa shape index (κ3) is 5.20. The molecule has 0 amide bonds. The number of ether oxygens (including phenoxy) is 2. The van der Waals surface area contributed by atoms with Crippen molar-refractivity contribution >= 4 is 26.5 Å². The molecule has 1 saturated heterocycles. The molecule has 0 spiro atoms. The van der Waals surface area contributed by atoms with Gasteiger partial charge < -0.3 is 19.0 Å². The standard InChI is InChI=1S/C38H41N5O6S/c1-22(2)42-18-31(26(6)40-42)32-16-28(15-25(5)38(32,7)50(46,47)43-14-12-27-11-13-39-37(45)35(27)43)30-17-34(44)41(29-20-48-21-29)19-33(30)49-36-23(3)9-8-10-24(36)4/h8-19,22,29,32H,20-21H2,1-7H3,(H,39,45). The average Bonchev–Trinajstić information content (AvgIpc) is 3.66. The Morgan fingerprint density at radius 2 is 1.76 bits per heavy atom. The SMILES string of the molecule is CC1=CC(c2cc(=O)n(C3COC3)cc2Oc2c(C)cccc2C)=CC(c2cn(C(C)C)nc2C)C1(C)S(=O)(=O)n1ccc2cc[nH]c(=O)c21. The lowest BCUT2D eigenvalue weighted by atomic mass is 9.76. The van der Waals surface area contributed by atoms with Gasteiger partial charge in [0.15, 0.2) is 5.75 Å². The fourth-order valence-corrected chi connectivity index (χ4v) is 9.08. The Bertz CT molecular complexity index is 2440. The molecule has 7 rings (SSSR count). The second-order valence-electron chi connectivity index (χ2n) is 13.8. The van der Waals surface area contributed by atoms with Crippen LogP contribution in [-0.4, -0.2) is 49.7 Å². The zero-order chi connectivity index (χ0) is 35.7. The summed E-state index contributed by atoms with van der Waals surface area (Å²) < 4.78 is 45.2. The summed E-state index contributed by atoms with van der Waals surface area (Å²) >= 11 is 0. The minimum absolute atomic E-state index is 0.0291. The Morgan fingerprint density at radius 3 is 2.40 bits per heavy atom. The predicted octanol–water partition coefficient (Wildman–Crippen LogP) is 6.32. The Hall–Kier alpha value is -4.94. The summed E-state index contributed by atoms with van der Waals surface area (Å²) in [5.41, 5.74) is 4.32. The monoisotopic (exact) mass is 695 g/mol. The molecule has 1 aliphatic carbocycles. The topological polar surface area (TPSA) is 130 Å². The van der Waals surface area contributed by atoms with Crippen LogP contribution in [0.5, 0.6) is 11.5 Å². The van der Waals surface area contributed by atoms with Crippen molar-refractivity contribution < 1.29 is 17.9 Å². The fraction of sp³-hybridized carbons (Fsp3) is 0.342. The van der Waals surface area contributed by atoms with E-state index in [4.69, 9.17) is 14.6 Å². The summed E-state index contributed by atoms with van der Waals surface area (Å²) in [7, 11) is -4.30. The normalized spacial score (nSPS) is 19.8. The molecular weight excluding hydrogens is 655 g/mol. The molecule has 1 aromatic carbocycles. The van der Waals surface area contributed by atoms with E-state index in [1.165, 1.54) is 12.4 Å². The van der Waals surface area contributed by atoms with Gasteiger partial charge in [0, 0.05) is 53.1 Å². The van der Waals surface area contributed by atoms with E-state index in [1.807, 2.05) is 75.8 Å².